The molecule has 0 heterocycles. The number of hydrogen-bond donors (Lipinski definition) is 6. The van der Waals surface area contributed by atoms with E-state index in [0.717, 1.165) is 12.8 Å². The highest BCUT2D eigenvalue weighted by molar-refractivity contribution is 5.84. The number of carboxylic acid groups (broad SMARTS) is 1. The molecule has 0 aliphatic rings. The van der Waals surface area contributed by atoms with Crippen molar-refractivity contribution in [3.63, 3.8) is 0 Å². The quantitative estimate of drug-likeness (QED) is 0.197. The van der Waals surface area contributed by atoms with E-state index in [1.807, 2.05) is 0 Å². The van der Waals surface area contributed by atoms with Crippen molar-refractivity contribution in [1.82, 2.24) is 0 Å². The lowest BCUT2D eigenvalue weighted by Gasteiger charge is -2.19. The maximum Gasteiger partial charge on any atom is 0.303 e. The van der Waals surface area contributed by atoms with Crippen molar-refractivity contribution in [2.75, 3.05) is 13.2 Å². The summed E-state index contributed by atoms with van der Waals surface area (Å²) in [6.45, 7) is 0.560. The van der Waals surface area contributed by atoms with E-state index in [9.17, 15) is 9.59 Å². The minimum Gasteiger partial charge on any atom is -0.481 e. The predicted molar refractivity (Wildman–Crippen MR) is 106 cm³/mol. The molecule has 168 valence electrons. The zero-order chi connectivity index (χ0) is 21.8. The van der Waals surface area contributed by atoms with E-state index in [2.05, 4.69) is 6.92 Å². The fourth-order valence-electron chi connectivity index (χ4n) is 2.54. The fourth-order valence-corrected chi connectivity index (χ4v) is 2.54. The second-order valence-corrected chi connectivity index (χ2v) is 6.99. The Morgan fingerprint density at radius 1 is 0.750 bits per heavy atom. The maximum absolute atomic E-state index is 10.5. The van der Waals surface area contributed by atoms with Gasteiger partial charge in [0.1, 0.15) is 24.9 Å². The maximum atomic E-state index is 10.5. The van der Waals surface area contributed by atoms with Crippen LogP contribution in [0.1, 0.15) is 84.0 Å². The average molecular weight is 409 g/mol. The molecule has 6 N–H and O–H groups in total. The van der Waals surface area contributed by atoms with Gasteiger partial charge in [0.15, 0.2) is 5.78 Å². The monoisotopic (exact) mass is 408 g/mol. The molecule has 8 nitrogen and oxygen atoms in total. The summed E-state index contributed by atoms with van der Waals surface area (Å²) in [5.74, 6) is -1.66. The number of unbranched alkanes of at least 4 members (excludes halogenated alkanes) is 10. The third kappa shape index (κ3) is 18.3. The third-order valence-electron chi connectivity index (χ3n) is 4.38. The van der Waals surface area contributed by atoms with E-state index in [1.165, 1.54) is 57.8 Å². The van der Waals surface area contributed by atoms with E-state index >= 15 is 0 Å². The smallest absolute Gasteiger partial charge is 0.303 e. The van der Waals surface area contributed by atoms with Gasteiger partial charge in [0, 0.05) is 6.42 Å². The molecule has 28 heavy (non-hydrogen) atoms. The standard InChI is InChI=1S/C14H28O2.C6H12O6/c1-2-3-4-5-6-7-8-9-10-11-12-13-14(15)16;7-1-3(9)5(11)6(12)4(10)2-8/h2-13H2,1H3,(H,15,16);3,5-9,11-12H,1-2H2/t;3-,5+,6+/m.1/s1. The molecule has 0 fully saturated rings. The summed E-state index contributed by atoms with van der Waals surface area (Å²) in [5.41, 5.74) is 0. The summed E-state index contributed by atoms with van der Waals surface area (Å²) in [6.07, 6.45) is 9.14. The first-order valence-electron chi connectivity index (χ1n) is 10.3. The third-order valence-corrected chi connectivity index (χ3v) is 4.38. The van der Waals surface area contributed by atoms with Crippen molar-refractivity contribution >= 4 is 11.8 Å². The summed E-state index contributed by atoms with van der Waals surface area (Å²) in [5, 5.41) is 51.5. The first-order chi connectivity index (χ1) is 13.3. The minimum atomic E-state index is -1.86. The number of aliphatic hydroxyl groups is 5. The Labute approximate surface area is 168 Å². The number of carbonyl (C=O) groups excluding carboxylic acids is 1. The Balaban J connectivity index is 0. The van der Waals surface area contributed by atoms with Gasteiger partial charge in [0.25, 0.3) is 0 Å². The Kier molecular flexibility index (Phi) is 21.5. The van der Waals surface area contributed by atoms with E-state index in [4.69, 9.17) is 30.6 Å². The summed E-state index contributed by atoms with van der Waals surface area (Å²) < 4.78 is 0. The molecule has 0 saturated carbocycles. The van der Waals surface area contributed by atoms with E-state index in [1.54, 1.807) is 0 Å². The molecule has 8 heteroatoms. The van der Waals surface area contributed by atoms with Gasteiger partial charge in [-0.3, -0.25) is 9.59 Å². The minimum absolute atomic E-state index is 0.344. The Morgan fingerprint density at radius 3 is 1.54 bits per heavy atom. The Hall–Kier alpha value is -1.06. The zero-order valence-electron chi connectivity index (χ0n) is 17.1. The van der Waals surface area contributed by atoms with Crippen LogP contribution in [-0.4, -0.2) is 73.9 Å². The highest BCUT2D eigenvalue weighted by Crippen LogP contribution is 2.11. The van der Waals surface area contributed by atoms with Crippen molar-refractivity contribution in [2.45, 2.75) is 102 Å². The molecule has 0 aliphatic heterocycles. The van der Waals surface area contributed by atoms with Crippen LogP contribution in [0.15, 0.2) is 0 Å². The molecule has 0 rings (SSSR count). The molecule has 0 aromatic carbocycles. The molecule has 0 aromatic rings. The van der Waals surface area contributed by atoms with E-state index in [0.29, 0.717) is 6.42 Å². The fraction of sp³-hybridized carbons (Fsp3) is 0.900. The number of carbonyl (C=O) groups is 2. The predicted octanol–water partition coefficient (Wildman–Crippen LogP) is 1.39. The first kappa shape index (κ1) is 29.1. The molecular formula is C20H40O8. The summed E-state index contributed by atoms with van der Waals surface area (Å²) in [4.78, 5) is 20.8. The topological polar surface area (TPSA) is 156 Å². The van der Waals surface area contributed by atoms with Gasteiger partial charge in [-0.15, -0.1) is 0 Å². The first-order valence-corrected chi connectivity index (χ1v) is 10.3. The molecule has 0 saturated heterocycles. The molecule has 0 radical (unpaired) electrons. The number of ketones is 1. The second-order valence-electron chi connectivity index (χ2n) is 6.99. The van der Waals surface area contributed by atoms with Crippen LogP contribution in [0.5, 0.6) is 0 Å². The van der Waals surface area contributed by atoms with Gasteiger partial charge in [-0.25, -0.2) is 0 Å². The van der Waals surface area contributed by atoms with E-state index in [-0.39, 0.29) is 0 Å². The number of hydrogen-bond acceptors (Lipinski definition) is 7. The van der Waals surface area contributed by atoms with Gasteiger partial charge < -0.3 is 30.6 Å². The number of aliphatic carboxylic acids is 1. The molecule has 0 bridgehead atoms. The Bertz CT molecular complexity index is 375. The molecule has 0 aliphatic carbocycles. The van der Waals surface area contributed by atoms with Gasteiger partial charge >= 0.3 is 5.97 Å². The van der Waals surface area contributed by atoms with Gasteiger partial charge in [-0.1, -0.05) is 71.1 Å². The molecule has 0 amide bonds. The van der Waals surface area contributed by atoms with Crippen LogP contribution in [0.2, 0.25) is 0 Å². The largest absolute Gasteiger partial charge is 0.481 e. The van der Waals surface area contributed by atoms with Crippen LogP contribution in [0.25, 0.3) is 0 Å². The van der Waals surface area contributed by atoms with Crippen molar-refractivity contribution in [3.05, 3.63) is 0 Å². The number of Topliss-reactive ketones (excluding diaryl/α,β-unsaturated/α-hetero) is 1. The summed E-state index contributed by atoms with van der Waals surface area (Å²) >= 11 is 0. The molecule has 0 unspecified atom stereocenters. The van der Waals surface area contributed by atoms with Gasteiger partial charge in [0.05, 0.1) is 6.61 Å². The van der Waals surface area contributed by atoms with Crippen molar-refractivity contribution in [3.8, 4) is 0 Å². The lowest BCUT2D eigenvalue weighted by Crippen LogP contribution is -2.44. The number of rotatable bonds is 17. The lowest BCUT2D eigenvalue weighted by molar-refractivity contribution is -0.142. The SMILES string of the molecule is CCCCCCCCCCCCCC(=O)O.O=C(CO)[C@H](O)[C@@H](O)[C@H](O)CO. The number of carboxylic acids is 1. The molecular weight excluding hydrogens is 368 g/mol. The molecule has 3 atom stereocenters. The van der Waals surface area contributed by atoms with Crippen LogP contribution in [0, 0.1) is 0 Å². The molecule has 0 spiro atoms. The molecule has 0 aromatic heterocycles. The highest BCUT2D eigenvalue weighted by Gasteiger charge is 2.28. The van der Waals surface area contributed by atoms with Crippen LogP contribution < -0.4 is 0 Å². The van der Waals surface area contributed by atoms with Crippen molar-refractivity contribution in [2.24, 2.45) is 0 Å². The summed E-state index contributed by atoms with van der Waals surface area (Å²) in [7, 11) is 0. The zero-order valence-corrected chi connectivity index (χ0v) is 17.1. The summed E-state index contributed by atoms with van der Waals surface area (Å²) in [6, 6.07) is 0. The van der Waals surface area contributed by atoms with Crippen molar-refractivity contribution < 1.29 is 40.2 Å². The van der Waals surface area contributed by atoms with Crippen LogP contribution in [-0.2, 0) is 9.59 Å². The van der Waals surface area contributed by atoms with Crippen LogP contribution in [0.3, 0.4) is 0 Å². The highest BCUT2D eigenvalue weighted by atomic mass is 16.4. The van der Waals surface area contributed by atoms with E-state index < -0.39 is 43.3 Å². The van der Waals surface area contributed by atoms with Crippen LogP contribution in [0.4, 0.5) is 0 Å². The Morgan fingerprint density at radius 2 is 1.18 bits per heavy atom. The lowest BCUT2D eigenvalue weighted by atomic mass is 10.1. The second kappa shape index (κ2) is 20.7. The van der Waals surface area contributed by atoms with Gasteiger partial charge in [0.2, 0.25) is 0 Å². The van der Waals surface area contributed by atoms with Gasteiger partial charge in [-0.2, -0.15) is 0 Å². The normalized spacial score (nSPS) is 13.9. The average Bonchev–Trinajstić information content (AvgIpc) is 2.69. The van der Waals surface area contributed by atoms with Crippen LogP contribution >= 0.6 is 0 Å². The van der Waals surface area contributed by atoms with Crippen molar-refractivity contribution in [1.29, 1.82) is 0 Å². The number of aliphatic hydroxyl groups excluding tert-OH is 5. The van der Waals surface area contributed by atoms with Gasteiger partial charge in [-0.05, 0) is 6.42 Å².